The predicted octanol–water partition coefficient (Wildman–Crippen LogP) is 5.15. The highest BCUT2D eigenvalue weighted by molar-refractivity contribution is 7.92. The highest BCUT2D eigenvalue weighted by Gasteiger charge is 2.15. The van der Waals surface area contributed by atoms with E-state index < -0.39 is 10.0 Å². The number of rotatable bonds is 5. The van der Waals surface area contributed by atoms with E-state index in [0.717, 1.165) is 17.2 Å². The van der Waals surface area contributed by atoms with Crippen LogP contribution in [0.4, 0.5) is 5.69 Å². The zero-order valence-electron chi connectivity index (χ0n) is 13.9. The molecule has 0 saturated carbocycles. The van der Waals surface area contributed by atoms with Gasteiger partial charge in [0.05, 0.1) is 4.90 Å². The molecule has 0 fully saturated rings. The van der Waals surface area contributed by atoms with Crippen LogP contribution in [0, 0.1) is 0 Å². The third-order valence-electron chi connectivity index (χ3n) is 4.38. The minimum absolute atomic E-state index is 0.271. The van der Waals surface area contributed by atoms with Crippen LogP contribution in [0.15, 0.2) is 71.6 Å². The third-order valence-corrected chi connectivity index (χ3v) is 5.75. The van der Waals surface area contributed by atoms with Gasteiger partial charge in [-0.15, -0.1) is 0 Å². The van der Waals surface area contributed by atoms with E-state index >= 15 is 0 Å². The molecule has 0 saturated heterocycles. The summed E-state index contributed by atoms with van der Waals surface area (Å²) in [4.78, 5) is 0.271. The molecule has 0 unspecified atom stereocenters. The lowest BCUT2D eigenvalue weighted by molar-refractivity contribution is 0.601. The van der Waals surface area contributed by atoms with Crippen LogP contribution in [0.2, 0.25) is 0 Å². The van der Waals surface area contributed by atoms with Crippen LogP contribution in [0.1, 0.15) is 31.7 Å². The molecule has 3 aromatic carbocycles. The van der Waals surface area contributed by atoms with E-state index in [0.29, 0.717) is 11.6 Å². The van der Waals surface area contributed by atoms with Crippen molar-refractivity contribution in [1.29, 1.82) is 0 Å². The Bertz CT molecular complexity index is 947. The highest BCUT2D eigenvalue weighted by atomic mass is 32.2. The lowest BCUT2D eigenvalue weighted by Crippen LogP contribution is -2.12. The molecule has 0 spiro atoms. The summed E-state index contributed by atoms with van der Waals surface area (Å²) >= 11 is 0. The van der Waals surface area contributed by atoms with Gasteiger partial charge in [0.15, 0.2) is 0 Å². The first-order valence-electron chi connectivity index (χ1n) is 8.11. The Morgan fingerprint density at radius 3 is 2.25 bits per heavy atom. The second kappa shape index (κ2) is 6.65. The maximum Gasteiger partial charge on any atom is 0.261 e. The fourth-order valence-corrected chi connectivity index (χ4v) is 3.76. The Morgan fingerprint density at radius 2 is 1.58 bits per heavy atom. The van der Waals surface area contributed by atoms with E-state index in [-0.39, 0.29) is 4.90 Å². The molecule has 124 valence electrons. The van der Waals surface area contributed by atoms with Crippen molar-refractivity contribution in [3.05, 3.63) is 72.3 Å². The lowest BCUT2D eigenvalue weighted by atomic mass is 9.99. The van der Waals surface area contributed by atoms with Gasteiger partial charge in [-0.1, -0.05) is 56.3 Å². The van der Waals surface area contributed by atoms with Crippen molar-refractivity contribution >= 4 is 26.5 Å². The molecule has 4 heteroatoms. The molecular weight excluding hydrogens is 318 g/mol. The molecule has 24 heavy (non-hydrogen) atoms. The van der Waals surface area contributed by atoms with Gasteiger partial charge in [0.25, 0.3) is 10.0 Å². The summed E-state index contributed by atoms with van der Waals surface area (Å²) < 4.78 is 27.9. The summed E-state index contributed by atoms with van der Waals surface area (Å²) in [6, 6.07) is 20.5. The van der Waals surface area contributed by atoms with Crippen molar-refractivity contribution in [2.45, 2.75) is 31.1 Å². The molecule has 0 aliphatic carbocycles. The molecule has 1 N–H and O–H groups in total. The van der Waals surface area contributed by atoms with Gasteiger partial charge in [0.1, 0.15) is 0 Å². The predicted molar refractivity (Wildman–Crippen MR) is 99.9 cm³/mol. The summed E-state index contributed by atoms with van der Waals surface area (Å²) in [6.45, 7) is 4.30. The van der Waals surface area contributed by atoms with Gasteiger partial charge in [-0.2, -0.15) is 0 Å². The Hall–Kier alpha value is -2.33. The number of fused-ring (bicyclic) bond motifs is 1. The molecular formula is C20H21NO2S. The maximum atomic E-state index is 12.6. The molecule has 0 aromatic heterocycles. The molecule has 1 atom stereocenters. The van der Waals surface area contributed by atoms with Gasteiger partial charge < -0.3 is 0 Å². The summed E-state index contributed by atoms with van der Waals surface area (Å²) in [7, 11) is -3.59. The van der Waals surface area contributed by atoms with Crippen molar-refractivity contribution in [3.8, 4) is 0 Å². The van der Waals surface area contributed by atoms with E-state index in [1.165, 1.54) is 5.56 Å². The third kappa shape index (κ3) is 3.44. The Balaban J connectivity index is 1.87. The number of benzene rings is 3. The van der Waals surface area contributed by atoms with Gasteiger partial charge in [-0.25, -0.2) is 8.42 Å². The summed E-state index contributed by atoms with van der Waals surface area (Å²) in [5, 5.41) is 1.93. The maximum absolute atomic E-state index is 12.6. The zero-order valence-corrected chi connectivity index (χ0v) is 14.7. The average molecular weight is 339 g/mol. The topological polar surface area (TPSA) is 46.2 Å². The van der Waals surface area contributed by atoms with E-state index in [1.54, 1.807) is 12.1 Å². The molecule has 0 aliphatic heterocycles. The van der Waals surface area contributed by atoms with Crippen LogP contribution in [0.5, 0.6) is 0 Å². The van der Waals surface area contributed by atoms with Gasteiger partial charge >= 0.3 is 0 Å². The molecule has 0 heterocycles. The SMILES string of the molecule is CC[C@@H](C)c1ccc(NS(=O)(=O)c2ccc3ccccc3c2)cc1. The van der Waals surface area contributed by atoms with Gasteiger partial charge in [0.2, 0.25) is 0 Å². The van der Waals surface area contributed by atoms with Crippen LogP contribution in [0.3, 0.4) is 0 Å². The standard InChI is InChI=1S/C20H21NO2S/c1-3-15(2)16-8-11-19(12-9-16)21-24(22,23)20-13-10-17-6-4-5-7-18(17)14-20/h4-15,21H,3H2,1-2H3/t15-/m1/s1. The quantitative estimate of drug-likeness (QED) is 0.698. The molecule has 0 bridgehead atoms. The first kappa shape index (κ1) is 16.5. The molecule has 0 aliphatic rings. The Morgan fingerprint density at radius 1 is 0.917 bits per heavy atom. The largest absolute Gasteiger partial charge is 0.280 e. The van der Waals surface area contributed by atoms with E-state index in [4.69, 9.17) is 0 Å². The van der Waals surface area contributed by atoms with Crippen molar-refractivity contribution in [2.75, 3.05) is 4.72 Å². The van der Waals surface area contributed by atoms with E-state index in [1.807, 2.05) is 54.6 Å². The molecule has 3 nitrogen and oxygen atoms in total. The molecule has 0 radical (unpaired) electrons. The number of hydrogen-bond acceptors (Lipinski definition) is 2. The highest BCUT2D eigenvalue weighted by Crippen LogP contribution is 2.24. The van der Waals surface area contributed by atoms with Crippen molar-refractivity contribution < 1.29 is 8.42 Å². The van der Waals surface area contributed by atoms with Crippen LogP contribution in [-0.4, -0.2) is 8.42 Å². The van der Waals surface area contributed by atoms with Crippen LogP contribution in [-0.2, 0) is 10.0 Å². The van der Waals surface area contributed by atoms with Crippen molar-refractivity contribution in [2.24, 2.45) is 0 Å². The number of anilines is 1. The lowest BCUT2D eigenvalue weighted by Gasteiger charge is -2.12. The first-order valence-corrected chi connectivity index (χ1v) is 9.59. The normalized spacial score (nSPS) is 12.9. The second-order valence-electron chi connectivity index (χ2n) is 6.05. The number of sulfonamides is 1. The molecule has 3 rings (SSSR count). The van der Waals surface area contributed by atoms with Crippen molar-refractivity contribution in [3.63, 3.8) is 0 Å². The first-order chi connectivity index (χ1) is 11.5. The van der Waals surface area contributed by atoms with E-state index in [9.17, 15) is 8.42 Å². The summed E-state index contributed by atoms with van der Waals surface area (Å²) in [6.07, 6.45) is 1.06. The minimum Gasteiger partial charge on any atom is -0.280 e. The van der Waals surface area contributed by atoms with Gasteiger partial charge in [-0.3, -0.25) is 4.72 Å². The Kier molecular flexibility index (Phi) is 4.58. The summed E-state index contributed by atoms with van der Waals surface area (Å²) in [5.41, 5.74) is 1.79. The van der Waals surface area contributed by atoms with Crippen LogP contribution < -0.4 is 4.72 Å². The molecule has 3 aromatic rings. The fourth-order valence-electron chi connectivity index (χ4n) is 2.66. The monoisotopic (exact) mass is 339 g/mol. The zero-order chi connectivity index (χ0) is 17.2. The van der Waals surface area contributed by atoms with Crippen molar-refractivity contribution in [1.82, 2.24) is 0 Å². The fraction of sp³-hybridized carbons (Fsp3) is 0.200. The second-order valence-corrected chi connectivity index (χ2v) is 7.73. The Labute approximate surface area is 143 Å². The summed E-state index contributed by atoms with van der Waals surface area (Å²) in [5.74, 6) is 0.469. The van der Waals surface area contributed by atoms with Gasteiger partial charge in [-0.05, 0) is 52.9 Å². The van der Waals surface area contributed by atoms with Crippen LogP contribution in [0.25, 0.3) is 10.8 Å². The number of hydrogen-bond donors (Lipinski definition) is 1. The molecule has 0 amide bonds. The number of nitrogens with one attached hydrogen (secondary N) is 1. The average Bonchev–Trinajstić information content (AvgIpc) is 2.61. The van der Waals surface area contributed by atoms with Crippen LogP contribution >= 0.6 is 0 Å². The van der Waals surface area contributed by atoms with Gasteiger partial charge in [0, 0.05) is 5.69 Å². The minimum atomic E-state index is -3.59. The van der Waals surface area contributed by atoms with E-state index in [2.05, 4.69) is 18.6 Å². The smallest absolute Gasteiger partial charge is 0.261 e.